The van der Waals surface area contributed by atoms with Gasteiger partial charge in [0.2, 0.25) is 0 Å². The third-order valence-electron chi connectivity index (χ3n) is 3.62. The molecule has 27 heavy (non-hydrogen) atoms. The van der Waals surface area contributed by atoms with Crippen molar-refractivity contribution in [3.8, 4) is 0 Å². The molecule has 0 amide bonds. The van der Waals surface area contributed by atoms with Gasteiger partial charge in [0, 0.05) is 10.0 Å². The lowest BCUT2D eigenvalue weighted by Crippen LogP contribution is -2.13. The van der Waals surface area contributed by atoms with Crippen molar-refractivity contribution in [2.45, 2.75) is 11.8 Å². The first-order chi connectivity index (χ1) is 12.8. The lowest BCUT2D eigenvalue weighted by Gasteiger charge is -2.10. The van der Waals surface area contributed by atoms with E-state index in [1.807, 2.05) is 6.92 Å². The monoisotopic (exact) mass is 419 g/mol. The fraction of sp³-hybridized carbons (Fsp3) is 0.0526. The summed E-state index contributed by atoms with van der Waals surface area (Å²) in [6, 6.07) is 18.0. The molecule has 0 fully saturated rings. The molecule has 138 valence electrons. The van der Waals surface area contributed by atoms with Gasteiger partial charge in [-0.05, 0) is 55.5 Å². The number of benzene rings is 3. The van der Waals surface area contributed by atoms with Crippen LogP contribution >= 0.6 is 23.2 Å². The number of nitrogens with one attached hydrogen (secondary N) is 1. The average Bonchev–Trinajstić information content (AvgIpc) is 2.62. The zero-order valence-corrected chi connectivity index (χ0v) is 16.6. The topological polar surface area (TPSA) is 70.9 Å². The van der Waals surface area contributed by atoms with Crippen LogP contribution in [0.1, 0.15) is 5.56 Å². The number of hydrogen-bond acceptors (Lipinski definition) is 4. The second-order valence-corrected chi connectivity index (χ2v) is 8.32. The van der Waals surface area contributed by atoms with Crippen LogP contribution in [0.15, 0.2) is 81.9 Å². The summed E-state index contributed by atoms with van der Waals surface area (Å²) in [6.07, 6.45) is 0. The molecule has 0 saturated carbocycles. The lowest BCUT2D eigenvalue weighted by atomic mass is 10.2. The normalized spacial score (nSPS) is 11.7. The third-order valence-corrected chi connectivity index (χ3v) is 5.47. The minimum absolute atomic E-state index is 0.153. The predicted molar refractivity (Wildman–Crippen MR) is 109 cm³/mol. The van der Waals surface area contributed by atoms with Crippen LogP contribution in [-0.4, -0.2) is 8.42 Å². The van der Waals surface area contributed by atoms with E-state index in [1.54, 1.807) is 60.7 Å². The van der Waals surface area contributed by atoms with Crippen molar-refractivity contribution >= 4 is 50.3 Å². The molecule has 0 radical (unpaired) electrons. The molecule has 0 heterocycles. The highest BCUT2D eigenvalue weighted by atomic mass is 35.5. The molecule has 3 aromatic rings. The van der Waals surface area contributed by atoms with Crippen LogP contribution in [0.25, 0.3) is 0 Å². The highest BCUT2D eigenvalue weighted by Crippen LogP contribution is 2.32. The summed E-state index contributed by atoms with van der Waals surface area (Å²) in [5.41, 5.74) is 2.06. The van der Waals surface area contributed by atoms with Crippen molar-refractivity contribution in [2.75, 3.05) is 4.72 Å². The SMILES string of the molecule is Cc1ccc(S(=O)(=O)Nc2ccc(Cl)cc2N=Nc2cccc(Cl)c2)cc1. The molecule has 5 nitrogen and oxygen atoms in total. The van der Waals surface area contributed by atoms with Crippen LogP contribution in [-0.2, 0) is 10.0 Å². The van der Waals surface area contributed by atoms with Gasteiger partial charge in [-0.1, -0.05) is 47.0 Å². The second kappa shape index (κ2) is 8.08. The van der Waals surface area contributed by atoms with E-state index in [0.717, 1.165) is 5.56 Å². The molecule has 0 unspecified atom stereocenters. The Hall–Kier alpha value is -2.41. The Morgan fingerprint density at radius 3 is 2.26 bits per heavy atom. The molecule has 0 aromatic heterocycles. The van der Waals surface area contributed by atoms with Gasteiger partial charge in [0.25, 0.3) is 10.0 Å². The maximum Gasteiger partial charge on any atom is 0.261 e. The molecule has 3 aromatic carbocycles. The van der Waals surface area contributed by atoms with Gasteiger partial charge >= 0.3 is 0 Å². The van der Waals surface area contributed by atoms with Crippen LogP contribution < -0.4 is 4.72 Å². The average molecular weight is 420 g/mol. The number of sulfonamides is 1. The molecule has 8 heteroatoms. The molecule has 0 spiro atoms. The minimum Gasteiger partial charge on any atom is -0.277 e. The first-order valence-corrected chi connectivity index (χ1v) is 10.1. The van der Waals surface area contributed by atoms with Crippen molar-refractivity contribution in [3.63, 3.8) is 0 Å². The van der Waals surface area contributed by atoms with Crippen LogP contribution in [0.3, 0.4) is 0 Å². The summed E-state index contributed by atoms with van der Waals surface area (Å²) >= 11 is 12.0. The van der Waals surface area contributed by atoms with Gasteiger partial charge in [0.1, 0.15) is 5.69 Å². The molecule has 0 aliphatic heterocycles. The summed E-state index contributed by atoms with van der Waals surface area (Å²) in [6.45, 7) is 1.89. The summed E-state index contributed by atoms with van der Waals surface area (Å²) in [5.74, 6) is 0. The standard InChI is InChI=1S/C19H15Cl2N3O2S/c1-13-5-8-17(9-6-13)27(25,26)24-18-10-7-15(21)12-19(18)23-22-16-4-2-3-14(20)11-16/h2-12,24H,1H3. The fourth-order valence-corrected chi connectivity index (χ4v) is 3.67. The summed E-state index contributed by atoms with van der Waals surface area (Å²) in [5, 5.41) is 9.16. The third kappa shape index (κ3) is 5.07. The first-order valence-electron chi connectivity index (χ1n) is 7.90. The highest BCUT2D eigenvalue weighted by molar-refractivity contribution is 7.92. The van der Waals surface area contributed by atoms with Crippen molar-refractivity contribution in [3.05, 3.63) is 82.3 Å². The fourth-order valence-electron chi connectivity index (χ4n) is 2.24. The molecule has 0 atom stereocenters. The minimum atomic E-state index is -3.77. The summed E-state index contributed by atoms with van der Waals surface area (Å²) in [4.78, 5) is 0.153. The van der Waals surface area contributed by atoms with E-state index in [-0.39, 0.29) is 16.3 Å². The summed E-state index contributed by atoms with van der Waals surface area (Å²) < 4.78 is 27.8. The van der Waals surface area contributed by atoms with E-state index in [2.05, 4.69) is 15.0 Å². The number of rotatable bonds is 5. The number of azo groups is 1. The van der Waals surface area contributed by atoms with E-state index in [0.29, 0.717) is 15.7 Å². The predicted octanol–water partition coefficient (Wildman–Crippen LogP) is 6.52. The van der Waals surface area contributed by atoms with Gasteiger partial charge in [-0.3, -0.25) is 4.72 Å². The van der Waals surface area contributed by atoms with Crippen LogP contribution in [0.2, 0.25) is 10.0 Å². The van der Waals surface area contributed by atoms with Gasteiger partial charge in [-0.2, -0.15) is 5.11 Å². The van der Waals surface area contributed by atoms with E-state index in [1.165, 1.54) is 6.07 Å². The molecular weight excluding hydrogens is 405 g/mol. The van der Waals surface area contributed by atoms with Crippen molar-refractivity contribution in [1.29, 1.82) is 0 Å². The molecule has 1 N–H and O–H groups in total. The van der Waals surface area contributed by atoms with E-state index >= 15 is 0 Å². The Morgan fingerprint density at radius 1 is 0.852 bits per heavy atom. The van der Waals surface area contributed by atoms with Crippen molar-refractivity contribution < 1.29 is 8.42 Å². The van der Waals surface area contributed by atoms with Gasteiger partial charge in [-0.25, -0.2) is 8.42 Å². The van der Waals surface area contributed by atoms with Gasteiger partial charge in [0.15, 0.2) is 0 Å². The number of hydrogen-bond donors (Lipinski definition) is 1. The Kier molecular flexibility index (Phi) is 5.79. The van der Waals surface area contributed by atoms with Crippen molar-refractivity contribution in [2.24, 2.45) is 10.2 Å². The lowest BCUT2D eigenvalue weighted by molar-refractivity contribution is 0.601. The Balaban J connectivity index is 1.93. The molecular formula is C19H15Cl2N3O2S. The molecule has 0 aliphatic carbocycles. The van der Waals surface area contributed by atoms with Crippen LogP contribution in [0.4, 0.5) is 17.1 Å². The first kappa shape index (κ1) is 19.4. The smallest absolute Gasteiger partial charge is 0.261 e. The Bertz CT molecular complexity index is 1100. The molecule has 0 saturated heterocycles. The van der Waals surface area contributed by atoms with Gasteiger partial charge < -0.3 is 0 Å². The number of halogens is 2. The molecule has 0 bridgehead atoms. The van der Waals surface area contributed by atoms with E-state index in [9.17, 15) is 8.42 Å². The second-order valence-electron chi connectivity index (χ2n) is 5.76. The maximum absolute atomic E-state index is 12.6. The zero-order chi connectivity index (χ0) is 19.4. The van der Waals surface area contributed by atoms with E-state index in [4.69, 9.17) is 23.2 Å². The zero-order valence-electron chi connectivity index (χ0n) is 14.2. The molecule has 3 rings (SSSR count). The number of nitrogens with zero attached hydrogens (tertiary/aromatic N) is 2. The number of anilines is 1. The highest BCUT2D eigenvalue weighted by Gasteiger charge is 2.16. The largest absolute Gasteiger partial charge is 0.277 e. The van der Waals surface area contributed by atoms with E-state index < -0.39 is 10.0 Å². The Morgan fingerprint density at radius 2 is 1.56 bits per heavy atom. The van der Waals surface area contributed by atoms with Gasteiger partial charge in [0.05, 0.1) is 16.3 Å². The van der Waals surface area contributed by atoms with Crippen LogP contribution in [0, 0.1) is 6.92 Å². The maximum atomic E-state index is 12.6. The Labute approximate surface area is 167 Å². The van der Waals surface area contributed by atoms with Crippen molar-refractivity contribution in [1.82, 2.24) is 0 Å². The number of aryl methyl sites for hydroxylation is 1. The van der Waals surface area contributed by atoms with Gasteiger partial charge in [-0.15, -0.1) is 5.11 Å². The van der Waals surface area contributed by atoms with Crippen LogP contribution in [0.5, 0.6) is 0 Å². The quantitative estimate of drug-likeness (QED) is 0.478. The summed E-state index contributed by atoms with van der Waals surface area (Å²) in [7, 11) is -3.77. The molecule has 0 aliphatic rings.